The Labute approximate surface area is 137 Å². The average Bonchev–Trinajstić information content (AvgIpc) is 2.39. The van der Waals surface area contributed by atoms with Gasteiger partial charge in [0.1, 0.15) is 10.1 Å². The van der Waals surface area contributed by atoms with Crippen LogP contribution in [0.1, 0.15) is 45.6 Å². The molecule has 128 valence electrons. The maximum absolute atomic E-state index is 10.4. The molecule has 0 bridgehead atoms. The van der Waals surface area contributed by atoms with E-state index in [2.05, 4.69) is 27.4 Å². The van der Waals surface area contributed by atoms with Crippen molar-refractivity contribution in [2.75, 3.05) is 25.2 Å². The second-order valence-corrected chi connectivity index (χ2v) is 12.0. The fourth-order valence-electron chi connectivity index (χ4n) is 2.66. The molecule has 0 fully saturated rings. The minimum Gasteiger partial charge on any atom is -0.744 e. The molecule has 5 heteroatoms. The van der Waals surface area contributed by atoms with Crippen LogP contribution < -0.4 is 0 Å². The van der Waals surface area contributed by atoms with Gasteiger partial charge >= 0.3 is 0 Å². The summed E-state index contributed by atoms with van der Waals surface area (Å²) in [5, 5.41) is 0. The molecule has 0 heterocycles. The number of benzene rings is 1. The maximum atomic E-state index is 10.4. The first-order chi connectivity index (χ1) is 10.2. The predicted octanol–water partition coefficient (Wildman–Crippen LogP) is 4.76. The lowest BCUT2D eigenvalue weighted by molar-refractivity contribution is 0.463. The van der Waals surface area contributed by atoms with Gasteiger partial charge in [0.05, 0.1) is 23.4 Å². The summed E-state index contributed by atoms with van der Waals surface area (Å²) in [5.74, 6) is 0. The lowest BCUT2D eigenvalue weighted by Gasteiger charge is -2.21. The first kappa shape index (κ1) is 21.6. The smallest absolute Gasteiger partial charge is 0.124 e. The highest BCUT2D eigenvalue weighted by atomic mass is 32.2. The molecule has 0 aromatic heterocycles. The molecule has 0 aliphatic heterocycles. The minimum absolute atomic E-state index is 0.178. The van der Waals surface area contributed by atoms with Gasteiger partial charge in [-0.15, -0.1) is 0 Å². The Balaban J connectivity index is 0.000000401. The topological polar surface area (TPSA) is 57.2 Å². The van der Waals surface area contributed by atoms with Crippen molar-refractivity contribution in [1.29, 1.82) is 0 Å². The monoisotopic (exact) mass is 346 g/mol. The fraction of sp³-hybridized carbons (Fsp3) is 0.647. The SMILES string of the molecule is CCC[P+](C)(CCC)CCC.Cc1ccc(S(=O)(=O)[O-])cc1. The normalized spacial score (nSPS) is 11.7. The molecule has 0 aliphatic carbocycles. The summed E-state index contributed by atoms with van der Waals surface area (Å²) >= 11 is 0. The molecule has 3 nitrogen and oxygen atoms in total. The molecule has 0 saturated heterocycles. The van der Waals surface area contributed by atoms with E-state index in [9.17, 15) is 13.0 Å². The van der Waals surface area contributed by atoms with Gasteiger partial charge < -0.3 is 4.55 Å². The number of aryl methyl sites for hydroxylation is 1. The van der Waals surface area contributed by atoms with E-state index in [0.717, 1.165) is 5.56 Å². The molecule has 1 aromatic carbocycles. The molecule has 1 rings (SSSR count). The van der Waals surface area contributed by atoms with Crippen LogP contribution >= 0.6 is 7.26 Å². The first-order valence-electron chi connectivity index (χ1n) is 8.04. The summed E-state index contributed by atoms with van der Waals surface area (Å²) in [6.45, 7) is 11.3. The molecule has 0 atom stereocenters. The number of hydrogen-bond donors (Lipinski definition) is 0. The second-order valence-electron chi connectivity index (χ2n) is 6.06. The van der Waals surface area contributed by atoms with E-state index in [0.29, 0.717) is 0 Å². The summed E-state index contributed by atoms with van der Waals surface area (Å²) in [4.78, 5) is -0.178. The molecular formula is C17H31O3PS. The lowest BCUT2D eigenvalue weighted by atomic mass is 10.2. The van der Waals surface area contributed by atoms with Gasteiger partial charge in [-0.05, 0) is 38.3 Å². The Bertz CT molecular complexity index is 492. The largest absolute Gasteiger partial charge is 0.744 e. The van der Waals surface area contributed by atoms with Crippen molar-refractivity contribution in [2.24, 2.45) is 0 Å². The van der Waals surface area contributed by atoms with Gasteiger partial charge in [-0.1, -0.05) is 38.5 Å². The Morgan fingerprint density at radius 2 is 1.27 bits per heavy atom. The van der Waals surface area contributed by atoms with Crippen LogP contribution in [0.2, 0.25) is 0 Å². The van der Waals surface area contributed by atoms with Gasteiger partial charge in [0.2, 0.25) is 0 Å². The Hall–Kier alpha value is -0.440. The van der Waals surface area contributed by atoms with Crippen LogP contribution in [-0.4, -0.2) is 38.1 Å². The number of rotatable bonds is 7. The Kier molecular flexibility index (Phi) is 10.1. The van der Waals surface area contributed by atoms with Crippen molar-refractivity contribution in [3.8, 4) is 0 Å². The Morgan fingerprint density at radius 1 is 0.909 bits per heavy atom. The van der Waals surface area contributed by atoms with Gasteiger partial charge in [0.25, 0.3) is 0 Å². The van der Waals surface area contributed by atoms with Gasteiger partial charge in [0, 0.05) is 13.9 Å². The van der Waals surface area contributed by atoms with E-state index in [4.69, 9.17) is 0 Å². The zero-order valence-electron chi connectivity index (χ0n) is 14.6. The van der Waals surface area contributed by atoms with Crippen LogP contribution in [0.5, 0.6) is 0 Å². The molecule has 0 N–H and O–H groups in total. The highest BCUT2D eigenvalue weighted by Crippen LogP contribution is 2.56. The average molecular weight is 346 g/mol. The number of hydrogen-bond acceptors (Lipinski definition) is 3. The van der Waals surface area contributed by atoms with Crippen molar-refractivity contribution < 1.29 is 13.0 Å². The van der Waals surface area contributed by atoms with Crippen LogP contribution in [0.3, 0.4) is 0 Å². The van der Waals surface area contributed by atoms with E-state index in [-0.39, 0.29) is 4.90 Å². The van der Waals surface area contributed by atoms with Crippen molar-refractivity contribution in [1.82, 2.24) is 0 Å². The van der Waals surface area contributed by atoms with E-state index >= 15 is 0 Å². The third-order valence-corrected chi connectivity index (χ3v) is 9.03. The van der Waals surface area contributed by atoms with Gasteiger partial charge in [-0.3, -0.25) is 0 Å². The van der Waals surface area contributed by atoms with Crippen molar-refractivity contribution in [2.45, 2.75) is 51.9 Å². The molecule has 22 heavy (non-hydrogen) atoms. The van der Waals surface area contributed by atoms with E-state index in [1.165, 1.54) is 49.9 Å². The zero-order valence-corrected chi connectivity index (χ0v) is 16.3. The molecule has 0 saturated carbocycles. The minimum atomic E-state index is -4.27. The summed E-state index contributed by atoms with van der Waals surface area (Å²) in [7, 11) is -4.74. The molecular weight excluding hydrogens is 315 g/mol. The van der Waals surface area contributed by atoms with Crippen molar-refractivity contribution in [3.63, 3.8) is 0 Å². The zero-order chi connectivity index (χ0) is 17.2. The molecule has 0 aliphatic rings. The molecule has 0 spiro atoms. The second kappa shape index (κ2) is 10.4. The Morgan fingerprint density at radius 3 is 1.55 bits per heavy atom. The molecule has 0 radical (unpaired) electrons. The van der Waals surface area contributed by atoms with Crippen LogP contribution in [0.4, 0.5) is 0 Å². The van der Waals surface area contributed by atoms with E-state index in [1.54, 1.807) is 12.1 Å². The van der Waals surface area contributed by atoms with Gasteiger partial charge in [0.15, 0.2) is 0 Å². The predicted molar refractivity (Wildman–Crippen MR) is 97.5 cm³/mol. The van der Waals surface area contributed by atoms with E-state index in [1.807, 2.05) is 6.92 Å². The lowest BCUT2D eigenvalue weighted by Crippen LogP contribution is -2.05. The third-order valence-electron chi connectivity index (χ3n) is 3.60. The summed E-state index contributed by atoms with van der Waals surface area (Å²) in [6, 6.07) is 5.78. The van der Waals surface area contributed by atoms with Crippen LogP contribution in [0, 0.1) is 6.92 Å². The van der Waals surface area contributed by atoms with Crippen molar-refractivity contribution in [3.05, 3.63) is 29.8 Å². The first-order valence-corrected chi connectivity index (χ1v) is 12.2. The molecule has 0 amide bonds. The summed E-state index contributed by atoms with van der Waals surface area (Å²) in [6.07, 6.45) is 8.75. The van der Waals surface area contributed by atoms with E-state index < -0.39 is 17.4 Å². The van der Waals surface area contributed by atoms with Gasteiger partial charge in [-0.2, -0.15) is 0 Å². The van der Waals surface area contributed by atoms with Crippen molar-refractivity contribution >= 4 is 17.4 Å². The van der Waals surface area contributed by atoms with Crippen LogP contribution in [-0.2, 0) is 10.1 Å². The summed E-state index contributed by atoms with van der Waals surface area (Å²) < 4.78 is 31.2. The maximum Gasteiger partial charge on any atom is 0.124 e. The quantitative estimate of drug-likeness (QED) is 0.528. The van der Waals surface area contributed by atoms with Crippen LogP contribution in [0.15, 0.2) is 29.2 Å². The molecule has 0 unspecified atom stereocenters. The third kappa shape index (κ3) is 8.87. The van der Waals surface area contributed by atoms with Gasteiger partial charge in [-0.25, -0.2) is 8.42 Å². The van der Waals surface area contributed by atoms with Crippen LogP contribution in [0.25, 0.3) is 0 Å². The molecule has 1 aromatic rings. The summed E-state index contributed by atoms with van der Waals surface area (Å²) in [5.41, 5.74) is 0.928. The fourth-order valence-corrected chi connectivity index (χ4v) is 7.04. The standard InChI is InChI=1S/C10H24P.C7H8O3S/c1-5-8-11(4,9-6-2)10-7-3;1-6-2-4-7(5-3-6)11(8,9)10/h5-10H2,1-4H3;2-5H,1H3,(H,8,9,10)/q+1;/p-1. The highest BCUT2D eigenvalue weighted by molar-refractivity contribution is 7.85. The highest BCUT2D eigenvalue weighted by Gasteiger charge is 2.27.